The van der Waals surface area contributed by atoms with Gasteiger partial charge in [-0.3, -0.25) is 9.69 Å². The summed E-state index contributed by atoms with van der Waals surface area (Å²) in [6, 6.07) is 5.77. The first-order chi connectivity index (χ1) is 11.2. The molecule has 0 radical (unpaired) electrons. The number of piperidine rings is 3. The average Bonchev–Trinajstić information content (AvgIpc) is 3.28. The number of carbonyl (C=O) groups is 1. The van der Waals surface area contributed by atoms with Crippen molar-refractivity contribution in [1.82, 2.24) is 10.2 Å². The number of furan rings is 1. The Morgan fingerprint density at radius 1 is 1.29 bits per heavy atom. The van der Waals surface area contributed by atoms with E-state index < -0.39 is 0 Å². The molecule has 128 valence electrons. The van der Waals surface area contributed by atoms with E-state index in [9.17, 15) is 4.79 Å². The van der Waals surface area contributed by atoms with E-state index in [1.165, 1.54) is 45.0 Å². The highest BCUT2D eigenvalue weighted by Crippen LogP contribution is 2.53. The molecule has 4 aliphatic rings. The fourth-order valence-corrected chi connectivity index (χ4v) is 4.88. The number of halogens is 2. The van der Waals surface area contributed by atoms with Gasteiger partial charge in [-0.25, -0.2) is 0 Å². The summed E-state index contributed by atoms with van der Waals surface area (Å²) in [5.74, 6) is 0.641. The Morgan fingerprint density at radius 2 is 2.04 bits per heavy atom. The van der Waals surface area contributed by atoms with Gasteiger partial charge in [0.25, 0.3) is 5.91 Å². The summed E-state index contributed by atoms with van der Waals surface area (Å²) in [5.41, 5.74) is 1.63. The van der Waals surface area contributed by atoms with E-state index in [2.05, 4.69) is 10.2 Å². The van der Waals surface area contributed by atoms with Crippen LogP contribution in [0.2, 0.25) is 5.02 Å². The summed E-state index contributed by atoms with van der Waals surface area (Å²) in [6.07, 6.45) is 6.38. The highest BCUT2D eigenvalue weighted by molar-refractivity contribution is 6.35. The van der Waals surface area contributed by atoms with Crippen molar-refractivity contribution in [2.45, 2.75) is 37.3 Å². The first kappa shape index (κ1) is 16.2. The predicted molar refractivity (Wildman–Crippen MR) is 96.0 cm³/mol. The molecule has 4 fully saturated rings. The van der Waals surface area contributed by atoms with E-state index in [4.69, 9.17) is 16.0 Å². The molecule has 4 nitrogen and oxygen atoms in total. The van der Waals surface area contributed by atoms with Crippen LogP contribution in [0.4, 0.5) is 0 Å². The number of amides is 1. The van der Waals surface area contributed by atoms with Crippen molar-refractivity contribution in [2.24, 2.45) is 5.92 Å². The zero-order valence-corrected chi connectivity index (χ0v) is 14.8. The number of rotatable bonds is 2. The van der Waals surface area contributed by atoms with Crippen LogP contribution in [0.25, 0.3) is 11.0 Å². The van der Waals surface area contributed by atoms with Crippen molar-refractivity contribution >= 4 is 40.9 Å². The van der Waals surface area contributed by atoms with Crippen LogP contribution >= 0.6 is 24.0 Å². The minimum absolute atomic E-state index is 0. The lowest BCUT2D eigenvalue weighted by molar-refractivity contribution is -0.00144. The zero-order chi connectivity index (χ0) is 15.6. The van der Waals surface area contributed by atoms with Gasteiger partial charge in [-0.1, -0.05) is 11.6 Å². The maximum absolute atomic E-state index is 12.8. The third kappa shape index (κ3) is 2.27. The quantitative estimate of drug-likeness (QED) is 0.877. The molecule has 24 heavy (non-hydrogen) atoms. The third-order valence-corrected chi connectivity index (χ3v) is 6.35. The maximum atomic E-state index is 12.8. The summed E-state index contributed by atoms with van der Waals surface area (Å²) >= 11 is 6.12. The second-order valence-corrected chi connectivity index (χ2v) is 7.58. The summed E-state index contributed by atoms with van der Waals surface area (Å²) < 4.78 is 5.35. The first-order valence-corrected chi connectivity index (χ1v) is 8.78. The zero-order valence-electron chi connectivity index (χ0n) is 13.3. The van der Waals surface area contributed by atoms with Gasteiger partial charge in [0.1, 0.15) is 11.8 Å². The van der Waals surface area contributed by atoms with E-state index >= 15 is 0 Å². The molecule has 1 N–H and O–H groups in total. The van der Waals surface area contributed by atoms with Gasteiger partial charge in [0.2, 0.25) is 0 Å². The molecule has 1 amide bonds. The van der Waals surface area contributed by atoms with Crippen molar-refractivity contribution in [2.75, 3.05) is 13.1 Å². The molecule has 0 unspecified atom stereocenters. The minimum Gasteiger partial charge on any atom is -0.463 e. The summed E-state index contributed by atoms with van der Waals surface area (Å²) in [5, 5.41) is 4.69. The van der Waals surface area contributed by atoms with Gasteiger partial charge in [-0.05, 0) is 62.9 Å². The van der Waals surface area contributed by atoms with Crippen LogP contribution in [-0.4, -0.2) is 35.5 Å². The van der Waals surface area contributed by atoms with Crippen LogP contribution in [0, 0.1) is 5.92 Å². The van der Waals surface area contributed by atoms with Gasteiger partial charge < -0.3 is 9.73 Å². The molecule has 2 bridgehead atoms. The van der Waals surface area contributed by atoms with Crippen LogP contribution in [-0.2, 0) is 0 Å². The molecular weight excluding hydrogens is 347 g/mol. The van der Waals surface area contributed by atoms with Crippen LogP contribution in [0.5, 0.6) is 0 Å². The Hall–Kier alpha value is -1.23. The van der Waals surface area contributed by atoms with Gasteiger partial charge in [-0.2, -0.15) is 0 Å². The number of carbonyl (C=O) groups excluding carboxylic acids is 1. The highest BCUT2D eigenvalue weighted by Gasteiger charge is 2.60. The van der Waals surface area contributed by atoms with Crippen LogP contribution < -0.4 is 5.32 Å². The number of fused-ring (bicyclic) bond motifs is 3. The number of nitrogens with zero attached hydrogens (tertiary/aromatic N) is 1. The monoisotopic (exact) mass is 366 g/mol. The summed E-state index contributed by atoms with van der Waals surface area (Å²) in [6.45, 7) is 2.40. The molecule has 4 heterocycles. The Balaban J connectivity index is 0.00000146. The van der Waals surface area contributed by atoms with E-state index in [1.807, 2.05) is 18.2 Å². The molecule has 2 aromatic rings. The van der Waals surface area contributed by atoms with Crippen molar-refractivity contribution in [3.05, 3.63) is 35.0 Å². The standard InChI is InChI=1S/C18H19ClN2O2.ClH/c19-14-10-23-15-2-1-12(9-13(14)15)17(22)20-16-11-3-7-21(8-4-11)18(16)5-6-18;/h1-2,9-11,16H,3-8H2,(H,20,22);1H/t16-;/m1./s1. The third-order valence-electron chi connectivity index (χ3n) is 6.06. The van der Waals surface area contributed by atoms with Gasteiger partial charge in [0.05, 0.1) is 11.1 Å². The van der Waals surface area contributed by atoms with Crippen LogP contribution in [0.3, 0.4) is 0 Å². The molecule has 1 atom stereocenters. The summed E-state index contributed by atoms with van der Waals surface area (Å²) in [4.78, 5) is 15.4. The second-order valence-electron chi connectivity index (χ2n) is 7.17. The smallest absolute Gasteiger partial charge is 0.251 e. The molecule has 6 heteroatoms. The van der Waals surface area contributed by atoms with Crippen molar-refractivity contribution in [3.8, 4) is 0 Å². The average molecular weight is 367 g/mol. The largest absolute Gasteiger partial charge is 0.463 e. The fourth-order valence-electron chi connectivity index (χ4n) is 4.68. The molecule has 1 aromatic heterocycles. The number of hydrogen-bond acceptors (Lipinski definition) is 3. The lowest BCUT2D eigenvalue weighted by Gasteiger charge is -2.52. The molecule has 6 rings (SSSR count). The number of nitrogens with one attached hydrogen (secondary N) is 1. The van der Waals surface area contributed by atoms with Crippen molar-refractivity contribution in [3.63, 3.8) is 0 Å². The minimum atomic E-state index is 0. The number of hydrogen-bond donors (Lipinski definition) is 1. The topological polar surface area (TPSA) is 45.5 Å². The Kier molecular flexibility index (Phi) is 3.83. The lowest BCUT2D eigenvalue weighted by Crippen LogP contribution is -2.65. The van der Waals surface area contributed by atoms with Gasteiger partial charge >= 0.3 is 0 Å². The van der Waals surface area contributed by atoms with Gasteiger partial charge in [0.15, 0.2) is 0 Å². The molecule has 1 spiro atoms. The van der Waals surface area contributed by atoms with Crippen LogP contribution in [0.1, 0.15) is 36.0 Å². The van der Waals surface area contributed by atoms with E-state index in [0.717, 1.165) is 5.39 Å². The number of benzene rings is 1. The first-order valence-electron chi connectivity index (χ1n) is 8.40. The van der Waals surface area contributed by atoms with Crippen LogP contribution in [0.15, 0.2) is 28.9 Å². The van der Waals surface area contributed by atoms with E-state index in [-0.39, 0.29) is 23.9 Å². The molecule has 1 aromatic carbocycles. The van der Waals surface area contributed by atoms with Gasteiger partial charge in [-0.15, -0.1) is 12.4 Å². The molecule has 1 saturated carbocycles. The van der Waals surface area contributed by atoms with Crippen molar-refractivity contribution < 1.29 is 9.21 Å². The molecule has 3 aliphatic heterocycles. The maximum Gasteiger partial charge on any atom is 0.251 e. The van der Waals surface area contributed by atoms with Crippen molar-refractivity contribution in [1.29, 1.82) is 0 Å². The summed E-state index contributed by atoms with van der Waals surface area (Å²) in [7, 11) is 0. The van der Waals surface area contributed by atoms with E-state index in [1.54, 1.807) is 0 Å². The predicted octanol–water partition coefficient (Wildman–Crippen LogP) is 3.86. The molecule has 1 aliphatic carbocycles. The fraction of sp³-hybridized carbons (Fsp3) is 0.500. The normalized spacial score (nSPS) is 29.5. The molecular formula is C18H20Cl2N2O2. The van der Waals surface area contributed by atoms with Gasteiger partial charge in [0, 0.05) is 16.5 Å². The highest BCUT2D eigenvalue weighted by atomic mass is 35.5. The Morgan fingerprint density at radius 3 is 2.75 bits per heavy atom. The van der Waals surface area contributed by atoms with E-state index in [0.29, 0.717) is 28.1 Å². The molecule has 3 saturated heterocycles. The Labute approximate surface area is 151 Å². The SMILES string of the molecule is Cl.O=C(N[C@@H]1C2CCN(CC2)C12CC2)c1ccc2occ(Cl)c2c1. The Bertz CT molecular complexity index is 791. The second kappa shape index (κ2) is 5.65. The lowest BCUT2D eigenvalue weighted by atomic mass is 9.77.